The van der Waals surface area contributed by atoms with E-state index in [1.165, 1.54) is 98.9 Å². The van der Waals surface area contributed by atoms with Crippen LogP contribution in [0.3, 0.4) is 0 Å². The maximum atomic E-state index is 13.9. The molecule has 4 aromatic heterocycles. The van der Waals surface area contributed by atoms with Crippen molar-refractivity contribution in [3.8, 4) is 0 Å². The number of hydrogen-bond donors (Lipinski definition) is 12. The number of rotatable bonds is 24. The predicted octanol–water partition coefficient (Wildman–Crippen LogP) is 19.5. The molecule has 4 amide bonds. The van der Waals surface area contributed by atoms with Gasteiger partial charge < -0.3 is 68.4 Å². The van der Waals surface area contributed by atoms with Gasteiger partial charge in [-0.1, -0.05) is 143 Å². The van der Waals surface area contributed by atoms with Crippen molar-refractivity contribution in [2.75, 3.05) is 95.9 Å². The summed E-state index contributed by atoms with van der Waals surface area (Å²) in [6, 6.07) is 60.0. The summed E-state index contributed by atoms with van der Waals surface area (Å²) in [5.41, 5.74) is 15.4. The van der Waals surface area contributed by atoms with Gasteiger partial charge in [0.25, 0.3) is 23.6 Å². The largest absolute Gasteiger partial charge is 0.380 e. The Labute approximate surface area is 741 Å². The van der Waals surface area contributed by atoms with E-state index in [0.29, 0.717) is 110 Å². The molecule has 0 unspecified atom stereocenters. The Balaban J connectivity index is 0.000000161. The molecule has 3 aliphatic rings. The number of nitrogens with zero attached hydrogens (tertiary/aromatic N) is 8. The van der Waals surface area contributed by atoms with Crippen molar-refractivity contribution in [2.24, 2.45) is 10.7 Å². The number of carbonyl (C=O) groups is 4. The van der Waals surface area contributed by atoms with Crippen LogP contribution in [-0.2, 0) is 26.2 Å². The third kappa shape index (κ3) is 27.2. The molecule has 32 heteroatoms. The van der Waals surface area contributed by atoms with Crippen molar-refractivity contribution in [1.29, 1.82) is 16.2 Å². The van der Waals surface area contributed by atoms with Gasteiger partial charge in [0, 0.05) is 136 Å². The number of amides is 4. The average Bonchev–Trinajstić information content (AvgIpc) is 1.75. The van der Waals surface area contributed by atoms with Crippen molar-refractivity contribution in [3.05, 3.63) is 353 Å². The molecule has 24 nitrogen and oxygen atoms in total. The van der Waals surface area contributed by atoms with Gasteiger partial charge in [-0.3, -0.25) is 35.0 Å². The molecule has 8 aromatic carbocycles. The maximum absolute atomic E-state index is 13.9. The predicted molar refractivity (Wildman–Crippen MR) is 491 cm³/mol. The molecule has 0 atom stereocenters. The summed E-state index contributed by atoms with van der Waals surface area (Å²) >= 11 is 23.3. The number of amidine groups is 3. The van der Waals surface area contributed by atoms with E-state index < -0.39 is 46.9 Å². The highest BCUT2D eigenvalue weighted by Gasteiger charge is 2.23. The smallest absolute Gasteiger partial charge is 0.259 e. The van der Waals surface area contributed by atoms with Crippen LogP contribution < -0.4 is 48.3 Å². The standard InChI is InChI=1S/C25H25ClFN5O.2C23H21ClFN5O.C21H18ClFN4O.CH5N/c26-19-8-11-23(30-16-19)31-25(33)21-14-20(27)9-10-22(21)29-15-17-4-6-18(7-5-17)24(28)32-12-2-1-3-13-32;1-30-11-10-26-22(30)16-4-2-15(3-5-16)13-27-20-8-7-18(25)12-19(20)23(31)29-21-9-6-17(24)14-28-21;24-17-6-9-21(28-14-17)29-23(31)19-12-18(25)7-8-20(19)27-13-15-2-4-16(5-3-15)22(26)30-10-1-11-30;1-13(24)15-4-2-14(3-5-15)11-25-19-8-7-17(23)10-18(19)21(28)27-20-9-6-16(22)12-26-20;1-2/h4-11,14,16,28-29H,1-3,12-13,15H2,(H,30,31,33);2-9,12,14,27H,10-11,13H2,1H3,(H,28,29,31);2-9,12,14,26-27H,1,10-11,13H2,(H,28,29,31);2-10,12,24-25H,11H2,1H3,(H,26,27,28);2H2,1H3. The number of hydrogen-bond acceptors (Lipinski definition) is 18. The molecular weight excluding hydrogens is 1680 g/mol. The van der Waals surface area contributed by atoms with Gasteiger partial charge in [0.1, 0.15) is 64.0 Å². The van der Waals surface area contributed by atoms with E-state index in [1.807, 2.05) is 109 Å². The first-order valence-corrected chi connectivity index (χ1v) is 41.2. The third-order valence-corrected chi connectivity index (χ3v) is 20.6. The molecule has 125 heavy (non-hydrogen) atoms. The van der Waals surface area contributed by atoms with Crippen molar-refractivity contribution in [3.63, 3.8) is 0 Å². The zero-order valence-corrected chi connectivity index (χ0v) is 71.3. The molecule has 0 aliphatic carbocycles. The number of nitrogens with two attached hydrogens (primary N) is 1. The van der Waals surface area contributed by atoms with Gasteiger partial charge in [0.05, 0.1) is 48.9 Å². The van der Waals surface area contributed by atoms with Crippen LogP contribution in [0.1, 0.15) is 119 Å². The Morgan fingerprint density at radius 1 is 0.368 bits per heavy atom. The quantitative estimate of drug-likeness (QED) is 0.0152. The lowest BCUT2D eigenvalue weighted by Gasteiger charge is -2.33. The molecule has 642 valence electrons. The van der Waals surface area contributed by atoms with Crippen LogP contribution >= 0.6 is 46.4 Å². The maximum Gasteiger partial charge on any atom is 0.259 e. The zero-order chi connectivity index (χ0) is 88.9. The third-order valence-electron chi connectivity index (χ3n) is 19.7. The Kier molecular flexibility index (Phi) is 33.5. The van der Waals surface area contributed by atoms with E-state index in [9.17, 15) is 36.7 Å². The van der Waals surface area contributed by atoms with Crippen LogP contribution in [0.15, 0.2) is 248 Å². The Morgan fingerprint density at radius 2 is 0.648 bits per heavy atom. The van der Waals surface area contributed by atoms with E-state index in [1.54, 1.807) is 67.6 Å². The van der Waals surface area contributed by atoms with E-state index in [2.05, 4.69) is 83.0 Å². The lowest BCUT2D eigenvalue weighted by molar-refractivity contribution is 0.101. The average molecular weight is 1770 g/mol. The molecular formula is C93H90Cl4F4N20O4. The minimum Gasteiger partial charge on any atom is -0.380 e. The number of likely N-dealkylation sites (tertiary alicyclic amines) is 2. The topological polar surface area (TPSA) is 336 Å². The molecule has 13 N–H and O–H groups in total. The highest BCUT2D eigenvalue weighted by molar-refractivity contribution is 6.31. The van der Waals surface area contributed by atoms with Crippen molar-refractivity contribution in [2.45, 2.75) is 58.8 Å². The van der Waals surface area contributed by atoms with Gasteiger partial charge in [-0.2, -0.15) is 0 Å². The molecule has 0 radical (unpaired) electrons. The minimum absolute atomic E-state index is 0.170. The highest BCUT2D eigenvalue weighted by Crippen LogP contribution is 2.28. The van der Waals surface area contributed by atoms with Gasteiger partial charge in [0.15, 0.2) is 0 Å². The van der Waals surface area contributed by atoms with E-state index >= 15 is 0 Å². The Bertz CT molecular complexity index is 5760. The lowest BCUT2D eigenvalue weighted by atomic mass is 10.1. The van der Waals surface area contributed by atoms with Crippen LogP contribution in [0.25, 0.3) is 0 Å². The fraction of sp³-hybridized carbons (Fsp3) is 0.183. The summed E-state index contributed by atoms with van der Waals surface area (Å²) in [5, 5.41) is 49.5. The second-order valence-electron chi connectivity index (χ2n) is 28.6. The molecule has 12 aromatic rings. The fourth-order valence-electron chi connectivity index (χ4n) is 12.8. The lowest BCUT2D eigenvalue weighted by Crippen LogP contribution is -2.42. The van der Waals surface area contributed by atoms with E-state index in [4.69, 9.17) is 62.6 Å². The first-order valence-electron chi connectivity index (χ1n) is 39.7. The first kappa shape index (κ1) is 92.1. The van der Waals surface area contributed by atoms with Crippen molar-refractivity contribution < 1.29 is 36.7 Å². The van der Waals surface area contributed by atoms with Crippen molar-refractivity contribution in [1.82, 2.24) is 34.6 Å². The zero-order valence-electron chi connectivity index (χ0n) is 68.3. The fourth-order valence-corrected chi connectivity index (χ4v) is 13.3. The number of anilines is 8. The number of benzene rings is 8. The number of piperidine rings is 1. The normalized spacial score (nSPS) is 12.4. The monoisotopic (exact) mass is 1770 g/mol. The van der Waals surface area contributed by atoms with Gasteiger partial charge in [0.2, 0.25) is 0 Å². The number of likely N-dealkylation sites (N-methyl/N-ethyl adjacent to an activating group) is 1. The number of nitrogens with one attached hydrogen (secondary N) is 11. The second-order valence-corrected chi connectivity index (χ2v) is 30.3. The number of aromatic nitrogens is 4. The number of aliphatic imine (C=N–C) groups is 1. The SMILES string of the molecule is CC(=N)c1ccc(CNc2ccc(F)cc2C(=O)Nc2ccc(Cl)cn2)cc1.CN.CN1CCN=C1c1ccc(CNc2ccc(F)cc2C(=O)Nc2ccc(Cl)cn2)cc1.N=C(c1ccc(CNc2ccc(F)cc2C(=O)Nc2ccc(Cl)cn2)cc1)N1CCC1.N=C(c1ccc(CNc2ccc(F)cc2C(=O)Nc2ccc(Cl)cn2)cc1)N1CCCCC1. The summed E-state index contributed by atoms with van der Waals surface area (Å²) in [6.07, 6.45) is 10.3. The van der Waals surface area contributed by atoms with Gasteiger partial charge in [-0.05, 0) is 189 Å². The van der Waals surface area contributed by atoms with Gasteiger partial charge in [-0.15, -0.1) is 0 Å². The summed E-state index contributed by atoms with van der Waals surface area (Å²) in [7, 11) is 3.53. The van der Waals surface area contributed by atoms with Gasteiger partial charge >= 0.3 is 0 Å². The molecule has 0 spiro atoms. The Morgan fingerprint density at radius 3 is 0.896 bits per heavy atom. The molecule has 3 aliphatic heterocycles. The first-order chi connectivity index (χ1) is 60.4. The van der Waals surface area contributed by atoms with Crippen molar-refractivity contribution >= 4 is 139 Å². The summed E-state index contributed by atoms with van der Waals surface area (Å²) in [6.45, 7) is 9.03. The van der Waals surface area contributed by atoms with E-state index in [0.717, 1.165) is 109 Å². The summed E-state index contributed by atoms with van der Waals surface area (Å²) in [4.78, 5) is 77.7. The van der Waals surface area contributed by atoms with Gasteiger partial charge in [-0.25, -0.2) is 37.5 Å². The Hall–Kier alpha value is -13.6. The molecule has 2 saturated heterocycles. The van der Waals surface area contributed by atoms with Crippen LogP contribution in [0, 0.1) is 39.5 Å². The highest BCUT2D eigenvalue weighted by atomic mass is 35.5. The molecule has 0 bridgehead atoms. The summed E-state index contributed by atoms with van der Waals surface area (Å²) < 4.78 is 55.2. The number of pyridine rings is 4. The minimum atomic E-state index is -0.509. The number of carbonyl (C=O) groups excluding carboxylic acids is 4. The van der Waals surface area contributed by atoms with Crippen LogP contribution in [-0.4, -0.2) is 135 Å². The molecule has 0 saturated carbocycles. The van der Waals surface area contributed by atoms with E-state index in [-0.39, 0.29) is 22.3 Å². The second kappa shape index (κ2) is 45.5. The molecule has 15 rings (SSSR count). The summed E-state index contributed by atoms with van der Waals surface area (Å²) in [5.74, 6) is -0.513. The van der Waals surface area contributed by atoms with Crippen LogP contribution in [0.5, 0.6) is 0 Å². The van der Waals surface area contributed by atoms with Crippen LogP contribution in [0.4, 0.5) is 63.6 Å². The molecule has 2 fully saturated rings. The molecule has 7 heterocycles. The van der Waals surface area contributed by atoms with Crippen LogP contribution in [0.2, 0.25) is 20.1 Å². The number of halogens is 8.